The Hall–Kier alpha value is -1.55. The van der Waals surface area contributed by atoms with Crippen molar-refractivity contribution < 1.29 is 9.53 Å². The Kier molecular flexibility index (Phi) is 3.87. The predicted octanol–water partition coefficient (Wildman–Crippen LogP) is 1.87. The molecule has 0 heterocycles. The van der Waals surface area contributed by atoms with Crippen LogP contribution in [0.3, 0.4) is 0 Å². The number of hydrogen-bond acceptors (Lipinski definition) is 3. The van der Waals surface area contributed by atoms with Crippen molar-refractivity contribution in [3.05, 3.63) is 29.3 Å². The normalized spacial score (nSPS) is 22.3. The number of hydrogen-bond donors (Lipinski definition) is 2. The Labute approximate surface area is 108 Å². The average Bonchev–Trinajstić information content (AvgIpc) is 2.24. The zero-order valence-electron chi connectivity index (χ0n) is 10.9. The molecule has 0 saturated heterocycles. The van der Waals surface area contributed by atoms with E-state index in [0.29, 0.717) is 17.4 Å². The van der Waals surface area contributed by atoms with Gasteiger partial charge in [-0.15, -0.1) is 0 Å². The third-order valence-electron chi connectivity index (χ3n) is 3.19. The van der Waals surface area contributed by atoms with Crippen molar-refractivity contribution in [2.45, 2.75) is 38.8 Å². The van der Waals surface area contributed by atoms with Crippen LogP contribution in [0.5, 0.6) is 0 Å². The lowest BCUT2D eigenvalue weighted by atomic mass is 9.89. The Morgan fingerprint density at radius 3 is 2.78 bits per heavy atom. The van der Waals surface area contributed by atoms with E-state index in [0.717, 1.165) is 25.0 Å². The first-order valence-corrected chi connectivity index (χ1v) is 6.38. The molecule has 4 nitrogen and oxygen atoms in total. The molecular formula is C14H20N2O2. The molecule has 0 atom stereocenters. The fourth-order valence-corrected chi connectivity index (χ4v) is 2.27. The molecular weight excluding hydrogens is 228 g/mol. The topological polar surface area (TPSA) is 64.3 Å². The van der Waals surface area contributed by atoms with Crippen LogP contribution < -0.4 is 11.1 Å². The molecule has 0 bridgehead atoms. The summed E-state index contributed by atoms with van der Waals surface area (Å²) in [6.45, 7) is 4.66. The van der Waals surface area contributed by atoms with E-state index < -0.39 is 0 Å². The second kappa shape index (κ2) is 5.40. The molecule has 0 spiro atoms. The van der Waals surface area contributed by atoms with E-state index in [9.17, 15) is 4.79 Å². The fourth-order valence-electron chi connectivity index (χ4n) is 2.27. The van der Waals surface area contributed by atoms with Gasteiger partial charge >= 0.3 is 0 Å². The van der Waals surface area contributed by atoms with Gasteiger partial charge in [0.1, 0.15) is 0 Å². The summed E-state index contributed by atoms with van der Waals surface area (Å²) in [5, 5.41) is 3.00. The molecule has 2 rings (SSSR count). The van der Waals surface area contributed by atoms with E-state index in [1.54, 1.807) is 6.07 Å². The van der Waals surface area contributed by atoms with Crippen LogP contribution in [0.2, 0.25) is 0 Å². The number of ether oxygens (including phenoxy) is 1. The third-order valence-corrected chi connectivity index (χ3v) is 3.19. The average molecular weight is 248 g/mol. The Balaban J connectivity index is 1.89. The van der Waals surface area contributed by atoms with Gasteiger partial charge in [0.15, 0.2) is 0 Å². The molecule has 0 radical (unpaired) electrons. The molecule has 1 aromatic rings. The number of nitrogens with two attached hydrogens (primary N) is 1. The minimum atomic E-state index is -0.0506. The van der Waals surface area contributed by atoms with Gasteiger partial charge in [-0.2, -0.15) is 0 Å². The summed E-state index contributed by atoms with van der Waals surface area (Å²) >= 11 is 0. The van der Waals surface area contributed by atoms with Crippen molar-refractivity contribution in [3.8, 4) is 0 Å². The molecule has 1 aliphatic carbocycles. The van der Waals surface area contributed by atoms with Crippen LogP contribution in [0.4, 0.5) is 5.69 Å². The quantitative estimate of drug-likeness (QED) is 0.800. The summed E-state index contributed by atoms with van der Waals surface area (Å²) in [5.74, 6) is -0.0506. The molecule has 0 aliphatic heterocycles. The summed E-state index contributed by atoms with van der Waals surface area (Å²) in [4.78, 5) is 12.0. The van der Waals surface area contributed by atoms with Crippen LogP contribution in [0.1, 0.15) is 35.7 Å². The Morgan fingerprint density at radius 1 is 1.44 bits per heavy atom. The Bertz CT molecular complexity index is 419. The number of amides is 1. The van der Waals surface area contributed by atoms with Gasteiger partial charge in [-0.1, -0.05) is 0 Å². The summed E-state index contributed by atoms with van der Waals surface area (Å²) in [7, 11) is 0. The van der Waals surface area contributed by atoms with E-state index in [4.69, 9.17) is 10.5 Å². The lowest BCUT2D eigenvalue weighted by molar-refractivity contribution is -0.00862. The highest BCUT2D eigenvalue weighted by Crippen LogP contribution is 2.23. The summed E-state index contributed by atoms with van der Waals surface area (Å²) in [5.41, 5.74) is 7.99. The van der Waals surface area contributed by atoms with Crippen LogP contribution in [0.15, 0.2) is 18.2 Å². The predicted molar refractivity (Wildman–Crippen MR) is 71.5 cm³/mol. The second-order valence-corrected chi connectivity index (χ2v) is 4.85. The molecule has 1 aliphatic rings. The number of anilines is 1. The molecule has 1 aromatic carbocycles. The van der Waals surface area contributed by atoms with Gasteiger partial charge in [-0.3, -0.25) is 4.79 Å². The van der Waals surface area contributed by atoms with E-state index >= 15 is 0 Å². The molecule has 0 unspecified atom stereocenters. The highest BCUT2D eigenvalue weighted by molar-refractivity contribution is 5.95. The number of carbonyl (C=O) groups excluding carboxylic acids is 1. The largest absolute Gasteiger partial charge is 0.399 e. The maximum Gasteiger partial charge on any atom is 0.251 e. The van der Waals surface area contributed by atoms with Gasteiger partial charge in [-0.25, -0.2) is 0 Å². The number of aryl methyl sites for hydroxylation is 1. The molecule has 1 fully saturated rings. The van der Waals surface area contributed by atoms with E-state index in [1.807, 2.05) is 26.0 Å². The van der Waals surface area contributed by atoms with E-state index in [-0.39, 0.29) is 11.9 Å². The number of rotatable bonds is 4. The highest BCUT2D eigenvalue weighted by atomic mass is 16.5. The minimum absolute atomic E-state index is 0.0506. The van der Waals surface area contributed by atoms with Crippen molar-refractivity contribution in [2.24, 2.45) is 0 Å². The van der Waals surface area contributed by atoms with Crippen molar-refractivity contribution in [1.29, 1.82) is 0 Å². The number of benzene rings is 1. The van der Waals surface area contributed by atoms with Gasteiger partial charge in [0.25, 0.3) is 5.91 Å². The van der Waals surface area contributed by atoms with Crippen LogP contribution in [0, 0.1) is 6.92 Å². The summed E-state index contributed by atoms with van der Waals surface area (Å²) in [6, 6.07) is 5.65. The third kappa shape index (κ3) is 3.01. The van der Waals surface area contributed by atoms with Crippen LogP contribution in [-0.4, -0.2) is 24.7 Å². The molecule has 1 saturated carbocycles. The first-order valence-electron chi connectivity index (χ1n) is 6.38. The molecule has 18 heavy (non-hydrogen) atoms. The smallest absolute Gasteiger partial charge is 0.251 e. The van der Waals surface area contributed by atoms with Gasteiger partial charge in [0.05, 0.1) is 6.10 Å². The molecule has 1 amide bonds. The number of carbonyl (C=O) groups is 1. The van der Waals surface area contributed by atoms with Crippen molar-refractivity contribution >= 4 is 11.6 Å². The summed E-state index contributed by atoms with van der Waals surface area (Å²) < 4.78 is 5.46. The van der Waals surface area contributed by atoms with Crippen molar-refractivity contribution in [2.75, 3.05) is 12.3 Å². The first-order chi connectivity index (χ1) is 8.58. The number of nitrogens with one attached hydrogen (secondary N) is 1. The minimum Gasteiger partial charge on any atom is -0.399 e. The van der Waals surface area contributed by atoms with Crippen LogP contribution in [-0.2, 0) is 4.74 Å². The van der Waals surface area contributed by atoms with E-state index in [2.05, 4.69) is 5.32 Å². The van der Waals surface area contributed by atoms with Crippen LogP contribution in [0.25, 0.3) is 0 Å². The van der Waals surface area contributed by atoms with Gasteiger partial charge < -0.3 is 15.8 Å². The lowest BCUT2D eigenvalue weighted by Gasteiger charge is -2.35. The zero-order chi connectivity index (χ0) is 13.1. The lowest BCUT2D eigenvalue weighted by Crippen LogP contribution is -2.47. The number of nitrogen functional groups attached to an aromatic ring is 1. The molecule has 3 N–H and O–H groups in total. The van der Waals surface area contributed by atoms with Gasteiger partial charge in [0, 0.05) is 23.9 Å². The SMILES string of the molecule is CCOC1CC(NC(=O)c2cc(C)cc(N)c2)C1. The summed E-state index contributed by atoms with van der Waals surface area (Å²) in [6.07, 6.45) is 2.12. The Morgan fingerprint density at radius 2 is 2.17 bits per heavy atom. The van der Waals surface area contributed by atoms with Crippen molar-refractivity contribution in [1.82, 2.24) is 5.32 Å². The van der Waals surface area contributed by atoms with Crippen molar-refractivity contribution in [3.63, 3.8) is 0 Å². The zero-order valence-corrected chi connectivity index (χ0v) is 10.9. The maximum atomic E-state index is 12.0. The standard InChI is InChI=1S/C14H20N2O2/c1-3-18-13-7-12(8-13)16-14(17)10-4-9(2)5-11(15)6-10/h4-6,12-13H,3,7-8,15H2,1-2H3,(H,16,17). The van der Waals surface area contributed by atoms with Crippen LogP contribution >= 0.6 is 0 Å². The van der Waals surface area contributed by atoms with E-state index in [1.165, 1.54) is 0 Å². The van der Waals surface area contributed by atoms with Gasteiger partial charge in [0.2, 0.25) is 0 Å². The second-order valence-electron chi connectivity index (χ2n) is 4.85. The molecule has 98 valence electrons. The monoisotopic (exact) mass is 248 g/mol. The molecule has 0 aromatic heterocycles. The highest BCUT2D eigenvalue weighted by Gasteiger charge is 2.30. The molecule has 4 heteroatoms. The van der Waals surface area contributed by atoms with Gasteiger partial charge in [-0.05, 0) is 50.5 Å². The first kappa shape index (κ1) is 12.9. The fraction of sp³-hybridized carbons (Fsp3) is 0.500. The maximum absolute atomic E-state index is 12.0.